The molecule has 0 unspecified atom stereocenters. The number of rotatable bonds is 7. The van der Waals surface area contributed by atoms with Crippen LogP contribution in [0.25, 0.3) is 0 Å². The van der Waals surface area contributed by atoms with Crippen molar-refractivity contribution in [2.24, 2.45) is 5.41 Å². The van der Waals surface area contributed by atoms with Crippen molar-refractivity contribution in [1.82, 2.24) is 0 Å². The molecule has 0 bridgehead atoms. The Kier molecular flexibility index (Phi) is 6.25. The molecule has 0 spiro atoms. The van der Waals surface area contributed by atoms with Gasteiger partial charge >= 0.3 is 11.9 Å². The highest BCUT2D eigenvalue weighted by Crippen LogP contribution is 2.41. The van der Waals surface area contributed by atoms with E-state index in [-0.39, 0.29) is 25.1 Å². The van der Waals surface area contributed by atoms with E-state index < -0.39 is 51.9 Å². The number of hydrogen-bond donors (Lipinski definition) is 2. The Morgan fingerprint density at radius 1 is 1.15 bits per heavy atom. The molecule has 148 valence electrons. The van der Waals surface area contributed by atoms with Crippen LogP contribution in [-0.2, 0) is 9.53 Å². The Hall–Kier alpha value is -2.42. The quantitative estimate of drug-likeness (QED) is 0.187. The van der Waals surface area contributed by atoms with Gasteiger partial charge in [-0.2, -0.15) is 0 Å². The molecule has 1 aromatic carbocycles. The lowest BCUT2D eigenvalue weighted by Gasteiger charge is -2.40. The summed E-state index contributed by atoms with van der Waals surface area (Å²) in [4.78, 5) is 23.8. The molecule has 2 rings (SSSR count). The molecule has 0 radical (unpaired) electrons. The largest absolute Gasteiger partial charge is 0.396 e. The summed E-state index contributed by atoms with van der Waals surface area (Å²) < 4.78 is 60.0. The summed E-state index contributed by atoms with van der Waals surface area (Å²) in [5.41, 5.74) is -2.99. The summed E-state index contributed by atoms with van der Waals surface area (Å²) in [5.74, 6) is -11.0. The van der Waals surface area contributed by atoms with Crippen LogP contribution in [0.1, 0.15) is 43.0 Å². The van der Waals surface area contributed by atoms with Crippen molar-refractivity contribution in [3.8, 4) is 0 Å². The number of esters is 2. The van der Waals surface area contributed by atoms with Gasteiger partial charge in [-0.05, 0) is 19.3 Å². The highest BCUT2D eigenvalue weighted by molar-refractivity contribution is 6.05. The summed E-state index contributed by atoms with van der Waals surface area (Å²) in [6.45, 7) is 4.52. The first kappa shape index (κ1) is 20.9. The maximum absolute atomic E-state index is 14.2. The van der Waals surface area contributed by atoms with Crippen molar-refractivity contribution < 1.29 is 37.0 Å². The zero-order valence-corrected chi connectivity index (χ0v) is 14.6. The summed E-state index contributed by atoms with van der Waals surface area (Å²) in [6.07, 6.45) is 2.10. The lowest BCUT2D eigenvalue weighted by molar-refractivity contribution is -0.133. The second-order valence-electron chi connectivity index (χ2n) is 6.51. The van der Waals surface area contributed by atoms with Crippen molar-refractivity contribution in [3.63, 3.8) is 0 Å². The Morgan fingerprint density at radius 3 is 2.22 bits per heavy atom. The molecule has 0 atom stereocenters. The highest BCUT2D eigenvalue weighted by Gasteiger charge is 2.38. The number of halogens is 4. The van der Waals surface area contributed by atoms with Crippen LogP contribution in [0.5, 0.6) is 0 Å². The maximum atomic E-state index is 14.2. The molecule has 1 aromatic rings. The Labute approximate surface area is 153 Å². The van der Waals surface area contributed by atoms with E-state index in [1.54, 1.807) is 6.92 Å². The van der Waals surface area contributed by atoms with E-state index in [9.17, 15) is 32.3 Å². The lowest BCUT2D eigenvalue weighted by atomic mass is 9.69. The number of hydrogen-bond acceptors (Lipinski definition) is 5. The molecular weight excluding hydrogens is 370 g/mol. The molecule has 0 aliphatic heterocycles. The second-order valence-corrected chi connectivity index (χ2v) is 6.51. The molecule has 27 heavy (non-hydrogen) atoms. The molecule has 0 aromatic heterocycles. The van der Waals surface area contributed by atoms with Crippen LogP contribution in [0.15, 0.2) is 12.2 Å². The van der Waals surface area contributed by atoms with Gasteiger partial charge in [0.2, 0.25) is 0 Å². The van der Waals surface area contributed by atoms with E-state index in [4.69, 9.17) is 0 Å². The topological polar surface area (TPSA) is 75.6 Å². The molecule has 0 heterocycles. The first-order valence-electron chi connectivity index (χ1n) is 8.32. The zero-order valence-electron chi connectivity index (χ0n) is 14.6. The number of carbonyl (C=O) groups excluding carboxylic acids is 2. The minimum absolute atomic E-state index is 0.110. The molecule has 9 heteroatoms. The molecule has 0 saturated heterocycles. The number of aliphatic hydroxyl groups excluding tert-OH is 1. The monoisotopic (exact) mass is 389 g/mol. The van der Waals surface area contributed by atoms with Crippen molar-refractivity contribution >= 4 is 17.6 Å². The van der Waals surface area contributed by atoms with Gasteiger partial charge in [0, 0.05) is 17.5 Å². The first-order chi connectivity index (χ1) is 12.7. The highest BCUT2D eigenvalue weighted by atomic mass is 19.2. The Morgan fingerprint density at radius 2 is 1.74 bits per heavy atom. The van der Waals surface area contributed by atoms with Crippen LogP contribution >= 0.6 is 0 Å². The second kappa shape index (κ2) is 8.08. The number of benzene rings is 1. The number of anilines is 1. The summed E-state index contributed by atoms with van der Waals surface area (Å²) in [7, 11) is 0. The van der Waals surface area contributed by atoms with Crippen molar-refractivity contribution in [2.75, 3.05) is 18.5 Å². The molecule has 1 saturated carbocycles. The summed E-state index contributed by atoms with van der Waals surface area (Å²) >= 11 is 0. The molecule has 1 fully saturated rings. The van der Waals surface area contributed by atoms with Gasteiger partial charge in [-0.3, -0.25) is 0 Å². The van der Waals surface area contributed by atoms with Gasteiger partial charge in [-0.1, -0.05) is 19.9 Å². The number of carbonyl (C=O) groups is 2. The van der Waals surface area contributed by atoms with Gasteiger partial charge in [0.1, 0.15) is 5.56 Å². The zero-order chi connectivity index (χ0) is 20.4. The van der Waals surface area contributed by atoms with Crippen molar-refractivity contribution in [1.29, 1.82) is 0 Å². The van der Waals surface area contributed by atoms with E-state index in [0.717, 1.165) is 6.42 Å². The molecule has 2 N–H and O–H groups in total. The first-order valence-corrected chi connectivity index (χ1v) is 8.32. The fourth-order valence-corrected chi connectivity index (χ4v) is 2.68. The van der Waals surface area contributed by atoms with Crippen LogP contribution in [-0.4, -0.2) is 30.2 Å². The average Bonchev–Trinajstić information content (AvgIpc) is 2.62. The predicted molar refractivity (Wildman–Crippen MR) is 88.0 cm³/mol. The fraction of sp³-hybridized carbons (Fsp3) is 0.444. The van der Waals surface area contributed by atoms with Gasteiger partial charge in [0.25, 0.3) is 0 Å². The smallest absolute Gasteiger partial charge is 0.351 e. The van der Waals surface area contributed by atoms with E-state index in [2.05, 4.69) is 16.6 Å². The van der Waals surface area contributed by atoms with E-state index in [1.807, 2.05) is 0 Å². The van der Waals surface area contributed by atoms with Crippen molar-refractivity contribution in [2.45, 2.75) is 32.6 Å². The molecule has 1 aliphatic carbocycles. The number of nitrogens with one attached hydrogen (secondary N) is 1. The third-order valence-corrected chi connectivity index (χ3v) is 4.76. The van der Waals surface area contributed by atoms with Gasteiger partial charge in [-0.15, -0.1) is 0 Å². The minimum Gasteiger partial charge on any atom is -0.396 e. The number of ether oxygens (including phenoxy) is 1. The number of aliphatic hydroxyl groups is 1. The standard InChI is InChI=1S/C18H19F4NO4/c1-3-9(2)16(25)27-17(26)10-11(19)12(20)13(21)14(22)15(10)23-7-18(8-24)5-4-6-18/h23-24H,2-8H2,1H3. The third kappa shape index (κ3) is 3.97. The van der Waals surface area contributed by atoms with Crippen LogP contribution in [0.3, 0.4) is 0 Å². The predicted octanol–water partition coefficient (Wildman–Crippen LogP) is 3.47. The van der Waals surface area contributed by atoms with Gasteiger partial charge < -0.3 is 15.2 Å². The molecule has 0 amide bonds. The average molecular weight is 389 g/mol. The third-order valence-electron chi connectivity index (χ3n) is 4.76. The summed E-state index contributed by atoms with van der Waals surface area (Å²) in [5, 5.41) is 11.8. The maximum Gasteiger partial charge on any atom is 0.351 e. The van der Waals surface area contributed by atoms with Crippen LogP contribution in [0.2, 0.25) is 0 Å². The van der Waals surface area contributed by atoms with Crippen LogP contribution in [0.4, 0.5) is 23.2 Å². The normalized spacial score (nSPS) is 15.0. The van der Waals surface area contributed by atoms with Crippen LogP contribution in [0, 0.1) is 28.7 Å². The minimum atomic E-state index is -2.20. The van der Waals surface area contributed by atoms with Gasteiger partial charge in [0.15, 0.2) is 23.3 Å². The van der Waals surface area contributed by atoms with E-state index in [0.29, 0.717) is 12.8 Å². The van der Waals surface area contributed by atoms with Crippen LogP contribution < -0.4 is 5.32 Å². The van der Waals surface area contributed by atoms with Gasteiger partial charge in [0.05, 0.1) is 12.3 Å². The fourth-order valence-electron chi connectivity index (χ4n) is 2.68. The molecule has 5 nitrogen and oxygen atoms in total. The SMILES string of the molecule is C=C(CC)C(=O)OC(=O)c1c(F)c(F)c(F)c(F)c1NCC1(CO)CCC1. The van der Waals surface area contributed by atoms with E-state index >= 15 is 0 Å². The molecular formula is C18H19F4NO4. The van der Waals surface area contributed by atoms with Crippen molar-refractivity contribution in [3.05, 3.63) is 41.0 Å². The Bertz CT molecular complexity index is 785. The molecule has 1 aliphatic rings. The summed E-state index contributed by atoms with van der Waals surface area (Å²) in [6, 6.07) is 0. The van der Waals surface area contributed by atoms with Gasteiger partial charge in [-0.25, -0.2) is 27.2 Å². The van der Waals surface area contributed by atoms with E-state index in [1.165, 1.54) is 0 Å². The lowest BCUT2D eigenvalue weighted by Crippen LogP contribution is -2.40. The Balaban J connectivity index is 2.40.